The van der Waals surface area contributed by atoms with Crippen molar-refractivity contribution in [3.8, 4) is 11.1 Å². The lowest BCUT2D eigenvalue weighted by molar-refractivity contribution is -0.142. The lowest BCUT2D eigenvalue weighted by Crippen LogP contribution is -2.33. The van der Waals surface area contributed by atoms with Gasteiger partial charge in [-0.2, -0.15) is 0 Å². The van der Waals surface area contributed by atoms with Gasteiger partial charge in [0.25, 0.3) is 0 Å². The Morgan fingerprint density at radius 2 is 1.62 bits per heavy atom. The average molecular weight is 439 g/mol. The van der Waals surface area contributed by atoms with E-state index in [1.165, 1.54) is 27.2 Å². The quantitative estimate of drug-likeness (QED) is 0.549. The third kappa shape index (κ3) is 5.66. The number of hydrogen-bond donors (Lipinski definition) is 2. The van der Waals surface area contributed by atoms with Gasteiger partial charge in [0.2, 0.25) is 5.91 Å². The summed E-state index contributed by atoms with van der Waals surface area (Å²) in [6.07, 6.45) is 1.09. The zero-order chi connectivity index (χ0) is 23.1. The molecule has 1 atom stereocenters. The van der Waals surface area contributed by atoms with Crippen molar-refractivity contribution in [2.75, 3.05) is 26.7 Å². The fourth-order valence-corrected chi connectivity index (χ4v) is 4.02. The van der Waals surface area contributed by atoms with E-state index in [-0.39, 0.29) is 25.0 Å². The van der Waals surface area contributed by atoms with Gasteiger partial charge in [0.15, 0.2) is 0 Å². The van der Waals surface area contributed by atoms with Crippen LogP contribution in [-0.4, -0.2) is 54.7 Å². The van der Waals surface area contributed by atoms with Crippen LogP contribution < -0.4 is 5.32 Å². The summed E-state index contributed by atoms with van der Waals surface area (Å²) in [6.45, 7) is 2.45. The Morgan fingerprint density at radius 3 is 2.22 bits per heavy atom. The van der Waals surface area contributed by atoms with Crippen molar-refractivity contribution in [3.63, 3.8) is 0 Å². The number of hydrogen-bond acceptors (Lipinski definition) is 4. The summed E-state index contributed by atoms with van der Waals surface area (Å²) in [5, 5.41) is 11.7. The predicted molar refractivity (Wildman–Crippen MR) is 121 cm³/mol. The first kappa shape index (κ1) is 23.3. The van der Waals surface area contributed by atoms with Crippen LogP contribution in [-0.2, 0) is 14.3 Å². The zero-order valence-corrected chi connectivity index (χ0v) is 18.5. The van der Waals surface area contributed by atoms with E-state index in [9.17, 15) is 14.4 Å². The molecule has 0 aromatic heterocycles. The monoisotopic (exact) mass is 438 g/mol. The van der Waals surface area contributed by atoms with Gasteiger partial charge in [0, 0.05) is 32.5 Å². The molecule has 0 radical (unpaired) electrons. The topological polar surface area (TPSA) is 95.9 Å². The van der Waals surface area contributed by atoms with Gasteiger partial charge >= 0.3 is 12.1 Å². The minimum Gasteiger partial charge on any atom is -0.481 e. The van der Waals surface area contributed by atoms with Crippen LogP contribution in [0.2, 0.25) is 0 Å². The second-order valence-electron chi connectivity index (χ2n) is 8.22. The van der Waals surface area contributed by atoms with E-state index in [0.717, 1.165) is 0 Å². The van der Waals surface area contributed by atoms with Gasteiger partial charge in [-0.25, -0.2) is 4.79 Å². The minimum atomic E-state index is -0.919. The standard InChI is InChI=1S/C25H30N2O5/c1-17(24(29)30)15-27(2)23(28)13-7-8-14-26-25(31)32-16-22-20-11-5-3-9-18(20)19-10-4-6-12-21(19)22/h3-6,9-12,17,22H,7-8,13-16H2,1-2H3,(H,26,31)(H,29,30). The highest BCUT2D eigenvalue weighted by Gasteiger charge is 2.28. The number of fused-ring (bicyclic) bond motifs is 3. The van der Waals surface area contributed by atoms with E-state index in [2.05, 4.69) is 29.6 Å². The number of alkyl carbamates (subject to hydrolysis) is 1. The molecule has 32 heavy (non-hydrogen) atoms. The first-order chi connectivity index (χ1) is 15.4. The normalized spacial score (nSPS) is 13.1. The van der Waals surface area contributed by atoms with E-state index < -0.39 is 18.0 Å². The van der Waals surface area contributed by atoms with Crippen LogP contribution in [0.1, 0.15) is 43.2 Å². The highest BCUT2D eigenvalue weighted by atomic mass is 16.5. The van der Waals surface area contributed by atoms with Gasteiger partial charge in [0.05, 0.1) is 5.92 Å². The Balaban J connectivity index is 1.38. The largest absolute Gasteiger partial charge is 0.481 e. The number of carboxylic acids is 1. The Hall–Kier alpha value is -3.35. The summed E-state index contributed by atoms with van der Waals surface area (Å²) in [7, 11) is 1.61. The molecule has 2 N–H and O–H groups in total. The molecule has 0 aliphatic heterocycles. The van der Waals surface area contributed by atoms with Gasteiger partial charge < -0.3 is 20.1 Å². The number of ether oxygens (including phenoxy) is 1. The number of amides is 2. The van der Waals surface area contributed by atoms with E-state index in [4.69, 9.17) is 9.84 Å². The molecule has 0 spiro atoms. The highest BCUT2D eigenvalue weighted by molar-refractivity contribution is 5.79. The van der Waals surface area contributed by atoms with Crippen molar-refractivity contribution in [1.82, 2.24) is 10.2 Å². The lowest BCUT2D eigenvalue weighted by Gasteiger charge is -2.19. The number of benzene rings is 2. The van der Waals surface area contributed by atoms with Gasteiger partial charge in [-0.15, -0.1) is 0 Å². The van der Waals surface area contributed by atoms with Crippen molar-refractivity contribution in [2.45, 2.75) is 32.1 Å². The molecule has 2 aromatic carbocycles. The molecule has 7 heteroatoms. The first-order valence-corrected chi connectivity index (χ1v) is 10.9. The molecule has 1 unspecified atom stereocenters. The molecule has 0 saturated carbocycles. The van der Waals surface area contributed by atoms with Gasteiger partial charge in [-0.1, -0.05) is 55.5 Å². The van der Waals surface area contributed by atoms with Crippen LogP contribution >= 0.6 is 0 Å². The minimum absolute atomic E-state index is 0.0227. The smallest absolute Gasteiger partial charge is 0.407 e. The van der Waals surface area contributed by atoms with E-state index in [0.29, 0.717) is 25.8 Å². The van der Waals surface area contributed by atoms with E-state index >= 15 is 0 Å². The van der Waals surface area contributed by atoms with Crippen molar-refractivity contribution < 1.29 is 24.2 Å². The molecule has 170 valence electrons. The molecule has 1 aliphatic rings. The molecular weight excluding hydrogens is 408 g/mol. The molecular formula is C25H30N2O5. The van der Waals surface area contributed by atoms with Crippen LogP contribution in [0.15, 0.2) is 48.5 Å². The Bertz CT molecular complexity index is 929. The molecule has 2 amide bonds. The molecule has 0 heterocycles. The summed E-state index contributed by atoms with van der Waals surface area (Å²) in [6, 6.07) is 16.4. The molecule has 7 nitrogen and oxygen atoms in total. The second kappa shape index (κ2) is 10.8. The third-order valence-electron chi connectivity index (χ3n) is 5.83. The number of carbonyl (C=O) groups excluding carboxylic acids is 2. The maximum Gasteiger partial charge on any atom is 0.407 e. The fourth-order valence-electron chi connectivity index (χ4n) is 4.02. The zero-order valence-electron chi connectivity index (χ0n) is 18.5. The Labute approximate surface area is 188 Å². The van der Waals surface area contributed by atoms with Crippen LogP contribution in [0, 0.1) is 5.92 Å². The van der Waals surface area contributed by atoms with Crippen LogP contribution in [0.3, 0.4) is 0 Å². The van der Waals surface area contributed by atoms with Gasteiger partial charge in [0.1, 0.15) is 6.61 Å². The summed E-state index contributed by atoms with van der Waals surface area (Å²) in [4.78, 5) is 36.6. The molecule has 2 aromatic rings. The number of carboxylic acid groups (broad SMARTS) is 1. The third-order valence-corrected chi connectivity index (χ3v) is 5.83. The van der Waals surface area contributed by atoms with E-state index in [1.807, 2.05) is 24.3 Å². The number of unbranched alkanes of at least 4 members (excludes halogenated alkanes) is 1. The molecule has 0 fully saturated rings. The maximum atomic E-state index is 12.2. The van der Waals surface area contributed by atoms with Crippen molar-refractivity contribution in [3.05, 3.63) is 59.7 Å². The summed E-state index contributed by atoms with van der Waals surface area (Å²) >= 11 is 0. The number of carbonyl (C=O) groups is 3. The SMILES string of the molecule is CC(CN(C)C(=O)CCCCNC(=O)OCC1c2ccccc2-c2ccccc21)C(=O)O. The van der Waals surface area contributed by atoms with Crippen LogP contribution in [0.25, 0.3) is 11.1 Å². The number of nitrogens with one attached hydrogen (secondary N) is 1. The van der Waals surface area contributed by atoms with Gasteiger partial charge in [-0.05, 0) is 35.1 Å². The second-order valence-corrected chi connectivity index (χ2v) is 8.22. The highest BCUT2D eigenvalue weighted by Crippen LogP contribution is 2.44. The average Bonchev–Trinajstić information content (AvgIpc) is 3.11. The maximum absolute atomic E-state index is 12.2. The fraction of sp³-hybridized carbons (Fsp3) is 0.400. The van der Waals surface area contributed by atoms with Crippen molar-refractivity contribution in [2.24, 2.45) is 5.92 Å². The predicted octanol–water partition coefficient (Wildman–Crippen LogP) is 3.87. The summed E-state index contributed by atoms with van der Waals surface area (Å²) in [5.74, 6) is -1.59. The Kier molecular flexibility index (Phi) is 7.87. The number of nitrogens with zero attached hydrogens (tertiary/aromatic N) is 1. The van der Waals surface area contributed by atoms with Crippen LogP contribution in [0.5, 0.6) is 0 Å². The number of rotatable bonds is 10. The molecule has 0 bridgehead atoms. The summed E-state index contributed by atoms with van der Waals surface area (Å²) in [5.41, 5.74) is 4.71. The molecule has 1 aliphatic carbocycles. The number of aliphatic carboxylic acids is 1. The van der Waals surface area contributed by atoms with Gasteiger partial charge in [-0.3, -0.25) is 9.59 Å². The first-order valence-electron chi connectivity index (χ1n) is 10.9. The molecule has 3 rings (SSSR count). The van der Waals surface area contributed by atoms with E-state index in [1.54, 1.807) is 14.0 Å². The molecule has 0 saturated heterocycles. The van der Waals surface area contributed by atoms with Crippen LogP contribution in [0.4, 0.5) is 4.79 Å². The summed E-state index contributed by atoms with van der Waals surface area (Å²) < 4.78 is 5.49. The lowest BCUT2D eigenvalue weighted by atomic mass is 9.98. The van der Waals surface area contributed by atoms with Crippen molar-refractivity contribution >= 4 is 18.0 Å². The van der Waals surface area contributed by atoms with Crippen molar-refractivity contribution in [1.29, 1.82) is 0 Å². The Morgan fingerprint density at radius 1 is 1.03 bits per heavy atom.